The van der Waals surface area contributed by atoms with E-state index in [4.69, 9.17) is 4.42 Å². The van der Waals surface area contributed by atoms with Crippen molar-refractivity contribution < 1.29 is 14.0 Å². The van der Waals surface area contributed by atoms with Gasteiger partial charge in [-0.1, -0.05) is 60.7 Å². The molecule has 1 fully saturated rings. The predicted molar refractivity (Wildman–Crippen MR) is 124 cm³/mol. The standard InChI is InChI=1S/C27H30N2O3/c30-25(13-16-27(17-14-26(31)29-27)20-23-12-7-19-32-23)28-18-15-24(21-8-3-1-4-9-21)22-10-5-2-6-11-22/h1-12,19,24H,13-18,20H2,(H,28,30)(H,29,31). The third kappa shape index (κ3) is 5.67. The number of nitrogens with one attached hydrogen (secondary N) is 2. The molecule has 4 rings (SSSR count). The summed E-state index contributed by atoms with van der Waals surface area (Å²) in [5, 5.41) is 6.19. The SMILES string of the molecule is O=C(CCC1(Cc2ccco2)CCC(=O)N1)NCCC(c1ccccc1)c1ccccc1. The van der Waals surface area contributed by atoms with E-state index in [1.54, 1.807) is 6.26 Å². The minimum Gasteiger partial charge on any atom is -0.469 e. The summed E-state index contributed by atoms with van der Waals surface area (Å²) < 4.78 is 5.49. The largest absolute Gasteiger partial charge is 0.469 e. The summed E-state index contributed by atoms with van der Waals surface area (Å²) in [6, 6.07) is 24.6. The van der Waals surface area contributed by atoms with Crippen molar-refractivity contribution in [2.75, 3.05) is 6.54 Å². The third-order valence-corrected chi connectivity index (χ3v) is 6.32. The van der Waals surface area contributed by atoms with E-state index in [0.29, 0.717) is 32.2 Å². The van der Waals surface area contributed by atoms with E-state index in [2.05, 4.69) is 59.2 Å². The molecule has 5 nitrogen and oxygen atoms in total. The lowest BCUT2D eigenvalue weighted by Crippen LogP contribution is -2.44. The number of benzene rings is 2. The maximum absolute atomic E-state index is 12.6. The Bertz CT molecular complexity index is 962. The first-order valence-electron chi connectivity index (χ1n) is 11.3. The summed E-state index contributed by atoms with van der Waals surface area (Å²) in [6.45, 7) is 0.602. The fourth-order valence-electron chi connectivity index (χ4n) is 4.62. The molecule has 32 heavy (non-hydrogen) atoms. The van der Waals surface area contributed by atoms with Gasteiger partial charge in [0.05, 0.1) is 6.26 Å². The summed E-state index contributed by atoms with van der Waals surface area (Å²) in [6.07, 6.45) is 5.29. The predicted octanol–water partition coefficient (Wildman–Crippen LogP) is 4.59. The van der Waals surface area contributed by atoms with Gasteiger partial charge in [-0.25, -0.2) is 0 Å². The van der Waals surface area contributed by atoms with Crippen LogP contribution in [0.25, 0.3) is 0 Å². The Morgan fingerprint density at radius 3 is 2.25 bits per heavy atom. The number of furan rings is 1. The van der Waals surface area contributed by atoms with Crippen LogP contribution in [0.4, 0.5) is 0 Å². The minimum absolute atomic E-state index is 0.0184. The molecule has 2 aromatic carbocycles. The van der Waals surface area contributed by atoms with Gasteiger partial charge in [0, 0.05) is 37.3 Å². The lowest BCUT2D eigenvalue weighted by Gasteiger charge is -2.28. The van der Waals surface area contributed by atoms with Crippen LogP contribution in [0.3, 0.4) is 0 Å². The third-order valence-electron chi connectivity index (χ3n) is 6.32. The first-order chi connectivity index (χ1) is 15.6. The molecule has 166 valence electrons. The van der Waals surface area contributed by atoms with Crippen molar-refractivity contribution in [3.63, 3.8) is 0 Å². The molecule has 1 saturated heterocycles. The van der Waals surface area contributed by atoms with E-state index in [-0.39, 0.29) is 17.7 Å². The van der Waals surface area contributed by atoms with E-state index in [1.807, 2.05) is 24.3 Å². The molecular weight excluding hydrogens is 400 g/mol. The lowest BCUT2D eigenvalue weighted by molar-refractivity contribution is -0.122. The molecule has 1 aromatic heterocycles. The van der Waals surface area contributed by atoms with E-state index in [0.717, 1.165) is 18.6 Å². The van der Waals surface area contributed by atoms with Crippen molar-refractivity contribution in [3.8, 4) is 0 Å². The Morgan fingerprint density at radius 2 is 1.69 bits per heavy atom. The Hall–Kier alpha value is -3.34. The van der Waals surface area contributed by atoms with E-state index in [1.165, 1.54) is 11.1 Å². The molecule has 0 aliphatic carbocycles. The fraction of sp³-hybridized carbons (Fsp3) is 0.333. The Kier molecular flexibility index (Phi) is 7.05. The number of hydrogen-bond acceptors (Lipinski definition) is 3. The molecule has 0 saturated carbocycles. The van der Waals surface area contributed by atoms with Crippen molar-refractivity contribution in [2.24, 2.45) is 0 Å². The van der Waals surface area contributed by atoms with Crippen molar-refractivity contribution in [1.29, 1.82) is 0 Å². The lowest BCUT2D eigenvalue weighted by atomic mass is 9.87. The highest BCUT2D eigenvalue weighted by Crippen LogP contribution is 2.30. The maximum Gasteiger partial charge on any atom is 0.220 e. The van der Waals surface area contributed by atoms with Gasteiger partial charge in [-0.15, -0.1) is 0 Å². The average Bonchev–Trinajstić information content (AvgIpc) is 3.46. The van der Waals surface area contributed by atoms with Crippen LogP contribution >= 0.6 is 0 Å². The molecule has 2 heterocycles. The van der Waals surface area contributed by atoms with Crippen molar-refractivity contribution in [1.82, 2.24) is 10.6 Å². The zero-order chi connectivity index (χ0) is 22.2. The number of amides is 2. The zero-order valence-electron chi connectivity index (χ0n) is 18.3. The molecule has 1 aliphatic rings. The molecule has 2 N–H and O–H groups in total. The molecule has 1 atom stereocenters. The summed E-state index contributed by atoms with van der Waals surface area (Å²) >= 11 is 0. The van der Waals surface area contributed by atoms with Gasteiger partial charge in [-0.05, 0) is 42.5 Å². The Labute approximate surface area is 189 Å². The van der Waals surface area contributed by atoms with E-state index >= 15 is 0 Å². The Balaban J connectivity index is 1.32. The first kappa shape index (κ1) is 21.9. The molecule has 5 heteroatoms. The van der Waals surface area contributed by atoms with Crippen molar-refractivity contribution in [2.45, 2.75) is 50.0 Å². The second kappa shape index (κ2) is 10.3. The topological polar surface area (TPSA) is 71.3 Å². The highest BCUT2D eigenvalue weighted by Gasteiger charge is 2.38. The molecule has 1 unspecified atom stereocenters. The molecule has 0 spiro atoms. The first-order valence-corrected chi connectivity index (χ1v) is 11.3. The average molecular weight is 431 g/mol. The van der Waals surface area contributed by atoms with Crippen LogP contribution in [0.1, 0.15) is 54.9 Å². The number of carbonyl (C=O) groups excluding carboxylic acids is 2. The summed E-state index contributed by atoms with van der Waals surface area (Å²) in [5.41, 5.74) is 2.10. The number of carbonyl (C=O) groups is 2. The second-order valence-electron chi connectivity index (χ2n) is 8.60. The van der Waals surface area contributed by atoms with Crippen molar-refractivity contribution in [3.05, 3.63) is 95.9 Å². The normalized spacial score (nSPS) is 18.0. The van der Waals surface area contributed by atoms with Gasteiger partial charge in [-0.2, -0.15) is 0 Å². The highest BCUT2D eigenvalue weighted by molar-refractivity contribution is 5.80. The van der Waals surface area contributed by atoms with Gasteiger partial charge in [-0.3, -0.25) is 9.59 Å². The van der Waals surface area contributed by atoms with Crippen LogP contribution in [-0.4, -0.2) is 23.9 Å². The minimum atomic E-state index is -0.400. The quantitative estimate of drug-likeness (QED) is 0.494. The fourth-order valence-corrected chi connectivity index (χ4v) is 4.62. The van der Waals surface area contributed by atoms with Crippen LogP contribution in [0.15, 0.2) is 83.5 Å². The molecular formula is C27H30N2O3. The van der Waals surface area contributed by atoms with Crippen LogP contribution in [-0.2, 0) is 16.0 Å². The maximum atomic E-state index is 12.6. The molecule has 1 aliphatic heterocycles. The van der Waals surface area contributed by atoms with Gasteiger partial charge < -0.3 is 15.1 Å². The Morgan fingerprint density at radius 1 is 1.00 bits per heavy atom. The molecule has 3 aromatic rings. The van der Waals surface area contributed by atoms with Gasteiger partial charge in [0.2, 0.25) is 11.8 Å². The molecule has 2 amide bonds. The molecule has 0 bridgehead atoms. The monoisotopic (exact) mass is 430 g/mol. The van der Waals surface area contributed by atoms with Gasteiger partial charge >= 0.3 is 0 Å². The molecule has 0 radical (unpaired) electrons. The van der Waals surface area contributed by atoms with Crippen LogP contribution < -0.4 is 10.6 Å². The zero-order valence-corrected chi connectivity index (χ0v) is 18.3. The van der Waals surface area contributed by atoms with Crippen molar-refractivity contribution >= 4 is 11.8 Å². The van der Waals surface area contributed by atoms with E-state index < -0.39 is 5.54 Å². The van der Waals surface area contributed by atoms with Crippen LogP contribution in [0.5, 0.6) is 0 Å². The summed E-state index contributed by atoms with van der Waals surface area (Å²) in [7, 11) is 0. The number of hydrogen-bond donors (Lipinski definition) is 2. The second-order valence-corrected chi connectivity index (χ2v) is 8.60. The highest BCUT2D eigenvalue weighted by atomic mass is 16.3. The van der Waals surface area contributed by atoms with Gasteiger partial charge in [0.15, 0.2) is 0 Å². The van der Waals surface area contributed by atoms with Crippen LogP contribution in [0.2, 0.25) is 0 Å². The number of rotatable bonds is 10. The van der Waals surface area contributed by atoms with E-state index in [9.17, 15) is 9.59 Å². The van der Waals surface area contributed by atoms with Gasteiger partial charge in [0.1, 0.15) is 5.76 Å². The smallest absolute Gasteiger partial charge is 0.220 e. The summed E-state index contributed by atoms with van der Waals surface area (Å²) in [4.78, 5) is 24.5. The van der Waals surface area contributed by atoms with Gasteiger partial charge in [0.25, 0.3) is 0 Å². The van der Waals surface area contributed by atoms with Crippen LogP contribution in [0, 0.1) is 0 Å². The summed E-state index contributed by atoms with van der Waals surface area (Å²) in [5.74, 6) is 1.13.